The minimum absolute atomic E-state index is 0.627. The van der Waals surface area contributed by atoms with Crippen LogP contribution >= 0.6 is 23.2 Å². The van der Waals surface area contributed by atoms with Crippen molar-refractivity contribution in [3.63, 3.8) is 0 Å². The van der Waals surface area contributed by atoms with Gasteiger partial charge in [-0.3, -0.25) is 0 Å². The van der Waals surface area contributed by atoms with Crippen molar-refractivity contribution in [2.24, 2.45) is 0 Å². The average Bonchev–Trinajstić information content (AvgIpc) is 2.10. The van der Waals surface area contributed by atoms with E-state index < -0.39 is 0 Å². The highest BCUT2D eigenvalue weighted by molar-refractivity contribution is 6.31. The Labute approximate surface area is 89.3 Å². The molecule has 0 fully saturated rings. The van der Waals surface area contributed by atoms with Crippen LogP contribution in [-0.4, -0.2) is 19.5 Å². The highest BCUT2D eigenvalue weighted by atomic mass is 35.5. The van der Waals surface area contributed by atoms with Gasteiger partial charge in [-0.05, 0) is 24.6 Å². The van der Waals surface area contributed by atoms with Crippen LogP contribution in [0.5, 0.6) is 0 Å². The van der Waals surface area contributed by atoms with Crippen LogP contribution in [0.3, 0.4) is 0 Å². The van der Waals surface area contributed by atoms with E-state index in [4.69, 9.17) is 23.2 Å². The molecule has 0 aliphatic rings. The van der Waals surface area contributed by atoms with Gasteiger partial charge in [0.15, 0.2) is 0 Å². The Hall–Kier alpha value is -0.400. The van der Waals surface area contributed by atoms with Crippen molar-refractivity contribution in [2.75, 3.05) is 24.4 Å². The summed E-state index contributed by atoms with van der Waals surface area (Å²) in [4.78, 5) is 2.11. The van der Waals surface area contributed by atoms with E-state index in [1.54, 1.807) is 0 Å². The Morgan fingerprint density at radius 3 is 2.69 bits per heavy atom. The lowest BCUT2D eigenvalue weighted by molar-refractivity contribution is 0.966. The predicted octanol–water partition coefficient (Wildman–Crippen LogP) is 3.32. The Kier molecular flexibility index (Phi) is 3.89. The number of benzene rings is 1. The van der Waals surface area contributed by atoms with Crippen molar-refractivity contribution < 1.29 is 0 Å². The van der Waals surface area contributed by atoms with Crippen molar-refractivity contribution >= 4 is 28.9 Å². The van der Waals surface area contributed by atoms with Crippen LogP contribution in [0.1, 0.15) is 5.56 Å². The van der Waals surface area contributed by atoms with Gasteiger partial charge in [0.05, 0.1) is 0 Å². The van der Waals surface area contributed by atoms with E-state index >= 15 is 0 Å². The average molecular weight is 218 g/mol. The van der Waals surface area contributed by atoms with Crippen LogP contribution in [0.2, 0.25) is 5.02 Å². The van der Waals surface area contributed by atoms with Gasteiger partial charge in [0, 0.05) is 30.2 Å². The summed E-state index contributed by atoms with van der Waals surface area (Å²) in [5, 5.41) is 0.805. The molecule has 0 aliphatic carbocycles. The minimum atomic E-state index is 0.627. The second-order valence-electron chi connectivity index (χ2n) is 2.99. The van der Waals surface area contributed by atoms with E-state index in [0.717, 1.165) is 22.8 Å². The summed E-state index contributed by atoms with van der Waals surface area (Å²) < 4.78 is 0. The summed E-state index contributed by atoms with van der Waals surface area (Å²) in [5.74, 6) is 0.627. The van der Waals surface area contributed by atoms with E-state index in [1.807, 2.05) is 32.2 Å². The molecular formula is C10H13Cl2N. The SMILES string of the molecule is Cc1c(Cl)cccc1N(C)CCCl. The number of alkyl halides is 1. The first-order valence-electron chi connectivity index (χ1n) is 4.19. The van der Waals surface area contributed by atoms with Crippen molar-refractivity contribution in [2.45, 2.75) is 6.92 Å². The topological polar surface area (TPSA) is 3.24 Å². The van der Waals surface area contributed by atoms with Crippen molar-refractivity contribution in [1.82, 2.24) is 0 Å². The molecule has 72 valence electrons. The molecule has 3 heteroatoms. The Bertz CT molecular complexity index is 286. The molecular weight excluding hydrogens is 205 g/mol. The van der Waals surface area contributed by atoms with Crippen LogP contribution in [0.15, 0.2) is 18.2 Å². The molecule has 0 bridgehead atoms. The van der Waals surface area contributed by atoms with Crippen LogP contribution in [-0.2, 0) is 0 Å². The highest BCUT2D eigenvalue weighted by Crippen LogP contribution is 2.25. The number of hydrogen-bond acceptors (Lipinski definition) is 1. The summed E-state index contributed by atoms with van der Waals surface area (Å²) in [6, 6.07) is 5.90. The van der Waals surface area contributed by atoms with Crippen molar-refractivity contribution in [3.05, 3.63) is 28.8 Å². The summed E-state index contributed by atoms with van der Waals surface area (Å²) in [5.41, 5.74) is 2.25. The molecule has 0 N–H and O–H groups in total. The lowest BCUT2D eigenvalue weighted by atomic mass is 10.2. The molecule has 1 rings (SSSR count). The maximum atomic E-state index is 6.00. The van der Waals surface area contributed by atoms with Gasteiger partial charge in [0.25, 0.3) is 0 Å². The molecule has 1 nitrogen and oxygen atoms in total. The van der Waals surface area contributed by atoms with Gasteiger partial charge in [-0.25, -0.2) is 0 Å². The predicted molar refractivity (Wildman–Crippen MR) is 60.2 cm³/mol. The molecule has 0 saturated heterocycles. The molecule has 1 aromatic carbocycles. The lowest BCUT2D eigenvalue weighted by Crippen LogP contribution is -2.20. The molecule has 0 heterocycles. The monoisotopic (exact) mass is 217 g/mol. The minimum Gasteiger partial charge on any atom is -0.373 e. The largest absolute Gasteiger partial charge is 0.373 e. The summed E-state index contributed by atoms with van der Waals surface area (Å²) in [6.07, 6.45) is 0. The number of halogens is 2. The molecule has 0 saturated carbocycles. The number of anilines is 1. The third-order valence-electron chi connectivity index (χ3n) is 2.07. The maximum absolute atomic E-state index is 6.00. The molecule has 0 spiro atoms. The third kappa shape index (κ3) is 2.52. The standard InChI is InChI=1S/C10H13Cl2N/c1-8-9(12)4-3-5-10(8)13(2)7-6-11/h3-5H,6-7H2,1-2H3. The fraction of sp³-hybridized carbons (Fsp3) is 0.400. The van der Waals surface area contributed by atoms with Gasteiger partial charge in [0.2, 0.25) is 0 Å². The second kappa shape index (κ2) is 4.73. The van der Waals surface area contributed by atoms with E-state index in [-0.39, 0.29) is 0 Å². The van der Waals surface area contributed by atoms with Gasteiger partial charge in [-0.2, -0.15) is 0 Å². The zero-order valence-corrected chi connectivity index (χ0v) is 9.36. The summed E-state index contributed by atoms with van der Waals surface area (Å²) in [6.45, 7) is 2.85. The van der Waals surface area contributed by atoms with Crippen LogP contribution in [0, 0.1) is 6.92 Å². The quantitative estimate of drug-likeness (QED) is 0.703. The first kappa shape index (κ1) is 10.7. The molecule has 0 aliphatic heterocycles. The van der Waals surface area contributed by atoms with Gasteiger partial charge < -0.3 is 4.90 Å². The van der Waals surface area contributed by atoms with E-state index in [0.29, 0.717) is 5.88 Å². The normalized spacial score (nSPS) is 10.2. The zero-order valence-electron chi connectivity index (χ0n) is 7.85. The van der Waals surface area contributed by atoms with Crippen LogP contribution < -0.4 is 4.90 Å². The Morgan fingerprint density at radius 1 is 1.38 bits per heavy atom. The molecule has 1 aromatic rings. The number of hydrogen-bond donors (Lipinski definition) is 0. The van der Waals surface area contributed by atoms with Gasteiger partial charge >= 0.3 is 0 Å². The van der Waals surface area contributed by atoms with Crippen LogP contribution in [0.4, 0.5) is 5.69 Å². The summed E-state index contributed by atoms with van der Waals surface area (Å²) >= 11 is 11.7. The first-order valence-corrected chi connectivity index (χ1v) is 5.10. The van der Waals surface area contributed by atoms with E-state index in [1.165, 1.54) is 0 Å². The third-order valence-corrected chi connectivity index (χ3v) is 2.65. The van der Waals surface area contributed by atoms with E-state index in [2.05, 4.69) is 4.90 Å². The first-order chi connectivity index (χ1) is 6.16. The lowest BCUT2D eigenvalue weighted by Gasteiger charge is -2.20. The fourth-order valence-corrected chi connectivity index (χ4v) is 1.68. The van der Waals surface area contributed by atoms with Gasteiger partial charge in [0.1, 0.15) is 0 Å². The van der Waals surface area contributed by atoms with Crippen molar-refractivity contribution in [3.8, 4) is 0 Å². The number of rotatable bonds is 3. The molecule has 0 atom stereocenters. The molecule has 0 unspecified atom stereocenters. The fourth-order valence-electron chi connectivity index (χ4n) is 1.26. The van der Waals surface area contributed by atoms with Gasteiger partial charge in [-0.1, -0.05) is 17.7 Å². The highest BCUT2D eigenvalue weighted by Gasteiger charge is 2.05. The zero-order chi connectivity index (χ0) is 9.84. The van der Waals surface area contributed by atoms with Gasteiger partial charge in [-0.15, -0.1) is 11.6 Å². The van der Waals surface area contributed by atoms with Crippen molar-refractivity contribution in [1.29, 1.82) is 0 Å². The molecule has 0 amide bonds. The van der Waals surface area contributed by atoms with Crippen LogP contribution in [0.25, 0.3) is 0 Å². The maximum Gasteiger partial charge on any atom is 0.0455 e. The molecule has 0 radical (unpaired) electrons. The number of nitrogens with zero attached hydrogens (tertiary/aromatic N) is 1. The van der Waals surface area contributed by atoms with E-state index in [9.17, 15) is 0 Å². The second-order valence-corrected chi connectivity index (χ2v) is 3.78. The Balaban J connectivity index is 2.93. The Morgan fingerprint density at radius 2 is 2.08 bits per heavy atom. The summed E-state index contributed by atoms with van der Waals surface area (Å²) in [7, 11) is 2.01. The smallest absolute Gasteiger partial charge is 0.0455 e. The molecule has 0 aromatic heterocycles. The molecule has 13 heavy (non-hydrogen) atoms.